The average Bonchev–Trinajstić information content (AvgIpc) is 3.17. The van der Waals surface area contributed by atoms with Gasteiger partial charge in [0.2, 0.25) is 12.3 Å². The van der Waals surface area contributed by atoms with Crippen molar-refractivity contribution < 1.29 is 66.4 Å². The van der Waals surface area contributed by atoms with Crippen LogP contribution in [0.15, 0.2) is 24.3 Å². The number of amides is 2. The smallest absolute Gasteiger partial charge is 0.311 e. The Kier molecular flexibility index (Phi) is 19.6. The molecule has 1 fully saturated rings. The number of unbranched alkanes of at least 4 members (excludes halogenated alkanes) is 1. The summed E-state index contributed by atoms with van der Waals surface area (Å²) in [6.45, 7) is 29.6. The Morgan fingerprint density at radius 2 is 1.22 bits per heavy atom. The topological polar surface area (TPSA) is 199 Å². The molecule has 16 nitrogen and oxygen atoms in total. The SMILES string of the molecule is COC(=O)CCCC[C@H](C(=O)Nc1ccccc1CO[Si](C)(C)C(C)(C)C)N(C=O)[C@@H]1O[C@H](COC(=O)C(C)(C)C)[C@H](OC(=O)C(C)(C)C)[C@H](OC(=O)C(C)(C)C)[C@H]1OC(=O)C(C)(C)C. The fraction of sp³-hybridized carbons (Fsp3) is 0.729. The van der Waals surface area contributed by atoms with Gasteiger partial charge in [-0.05, 0) is 126 Å². The van der Waals surface area contributed by atoms with Crippen LogP contribution in [-0.4, -0.2) is 106 Å². The fourth-order valence-corrected chi connectivity index (χ4v) is 6.79. The second-order valence-electron chi connectivity index (χ2n) is 22.4. The molecule has 0 radical (unpaired) electrons. The summed E-state index contributed by atoms with van der Waals surface area (Å²) in [4.78, 5) is 96.6. The third kappa shape index (κ3) is 16.5. The first-order valence-electron chi connectivity index (χ1n) is 22.3. The van der Waals surface area contributed by atoms with Crippen molar-refractivity contribution >= 4 is 56.2 Å². The summed E-state index contributed by atoms with van der Waals surface area (Å²) >= 11 is 0. The predicted molar refractivity (Wildman–Crippen MR) is 246 cm³/mol. The number of esters is 5. The highest BCUT2D eigenvalue weighted by Crippen LogP contribution is 2.39. The van der Waals surface area contributed by atoms with Crippen LogP contribution in [0.3, 0.4) is 0 Å². The average molecular weight is 935 g/mol. The van der Waals surface area contributed by atoms with Gasteiger partial charge in [-0.15, -0.1) is 0 Å². The number of carbonyl (C=O) groups is 7. The molecule has 0 spiro atoms. The largest absolute Gasteiger partial charge is 0.469 e. The summed E-state index contributed by atoms with van der Waals surface area (Å²) in [6.07, 6.45) is -7.27. The Morgan fingerprint density at radius 1 is 0.723 bits per heavy atom. The van der Waals surface area contributed by atoms with E-state index in [0.29, 0.717) is 17.7 Å². The lowest BCUT2D eigenvalue weighted by Gasteiger charge is -2.49. The molecule has 1 aliphatic heterocycles. The Labute approximate surface area is 387 Å². The number of para-hydroxylation sites is 1. The van der Waals surface area contributed by atoms with Gasteiger partial charge in [-0.1, -0.05) is 45.4 Å². The third-order valence-electron chi connectivity index (χ3n) is 11.3. The minimum atomic E-state index is -2.24. The van der Waals surface area contributed by atoms with E-state index in [4.69, 9.17) is 32.8 Å². The maximum absolute atomic E-state index is 14.8. The maximum atomic E-state index is 14.8. The third-order valence-corrected chi connectivity index (χ3v) is 15.7. The van der Waals surface area contributed by atoms with Crippen LogP contribution < -0.4 is 5.32 Å². The summed E-state index contributed by atoms with van der Waals surface area (Å²) in [7, 11) is -0.971. The van der Waals surface area contributed by atoms with Crippen LogP contribution in [0.4, 0.5) is 5.69 Å². The van der Waals surface area contributed by atoms with Gasteiger partial charge in [-0.3, -0.25) is 33.6 Å². The van der Waals surface area contributed by atoms with Gasteiger partial charge in [0, 0.05) is 12.1 Å². The van der Waals surface area contributed by atoms with Crippen molar-refractivity contribution in [2.75, 3.05) is 19.0 Å². The molecule has 0 aromatic heterocycles. The van der Waals surface area contributed by atoms with Crippen molar-refractivity contribution in [1.82, 2.24) is 4.90 Å². The Balaban J connectivity index is 2.95. The van der Waals surface area contributed by atoms with Crippen LogP contribution in [0.25, 0.3) is 0 Å². The molecule has 0 unspecified atom stereocenters. The van der Waals surface area contributed by atoms with Crippen molar-refractivity contribution in [3.63, 3.8) is 0 Å². The van der Waals surface area contributed by atoms with Gasteiger partial charge in [0.15, 0.2) is 32.9 Å². The highest BCUT2D eigenvalue weighted by atomic mass is 28.4. The molecule has 1 aliphatic rings. The van der Waals surface area contributed by atoms with Crippen LogP contribution in [0.1, 0.15) is 135 Å². The van der Waals surface area contributed by atoms with Crippen molar-refractivity contribution in [1.29, 1.82) is 0 Å². The molecule has 0 bridgehead atoms. The summed E-state index contributed by atoms with van der Waals surface area (Å²) in [5.41, 5.74) is -3.30. The zero-order valence-corrected chi connectivity index (χ0v) is 43.3. The molecule has 0 aliphatic carbocycles. The number of methoxy groups -OCH3 is 1. The van der Waals surface area contributed by atoms with E-state index in [1.807, 2.05) is 12.1 Å². The lowest BCUT2D eigenvalue weighted by atomic mass is 9.91. The van der Waals surface area contributed by atoms with Crippen molar-refractivity contribution in [3.05, 3.63) is 29.8 Å². The molecule has 17 heteroatoms. The highest BCUT2D eigenvalue weighted by Gasteiger charge is 2.57. The molecule has 65 heavy (non-hydrogen) atoms. The van der Waals surface area contributed by atoms with E-state index in [2.05, 4.69) is 39.2 Å². The number of carbonyl (C=O) groups excluding carboxylic acids is 7. The number of nitrogens with zero attached hydrogens (tertiary/aromatic N) is 1. The molecule has 1 N–H and O–H groups in total. The van der Waals surface area contributed by atoms with E-state index in [0.717, 1.165) is 4.90 Å². The lowest BCUT2D eigenvalue weighted by molar-refractivity contribution is -0.282. The van der Waals surface area contributed by atoms with E-state index in [1.165, 1.54) is 7.11 Å². The quantitative estimate of drug-likeness (QED) is 0.0490. The summed E-state index contributed by atoms with van der Waals surface area (Å²) < 4.78 is 42.2. The molecule has 368 valence electrons. The number of hydrogen-bond donors (Lipinski definition) is 1. The molecular formula is C48H78N2O14Si. The number of nitrogens with one attached hydrogen (secondary N) is 1. The molecule has 2 rings (SSSR count). The van der Waals surface area contributed by atoms with Crippen LogP contribution in [-0.2, 0) is 73.0 Å². The number of hydrogen-bond acceptors (Lipinski definition) is 14. The van der Waals surface area contributed by atoms with Gasteiger partial charge in [0.25, 0.3) is 0 Å². The molecule has 1 saturated heterocycles. The van der Waals surface area contributed by atoms with Crippen LogP contribution >= 0.6 is 0 Å². The minimum absolute atomic E-state index is 0.0260. The van der Waals surface area contributed by atoms with Crippen molar-refractivity contribution in [2.45, 2.75) is 191 Å². The molecule has 0 saturated carbocycles. The Hall–Kier alpha value is -4.35. The van der Waals surface area contributed by atoms with E-state index >= 15 is 0 Å². The summed E-state index contributed by atoms with van der Waals surface area (Å²) in [5, 5.41) is 2.89. The summed E-state index contributed by atoms with van der Waals surface area (Å²) in [5.74, 6) is -4.11. The first-order chi connectivity index (χ1) is 29.6. The van der Waals surface area contributed by atoms with Crippen LogP contribution in [0.2, 0.25) is 18.1 Å². The molecule has 1 aromatic rings. The van der Waals surface area contributed by atoms with Crippen molar-refractivity contribution in [3.8, 4) is 0 Å². The van der Waals surface area contributed by atoms with Crippen LogP contribution in [0.5, 0.6) is 0 Å². The van der Waals surface area contributed by atoms with Gasteiger partial charge in [-0.2, -0.15) is 0 Å². The van der Waals surface area contributed by atoms with Crippen LogP contribution in [0, 0.1) is 21.7 Å². The number of anilines is 1. The lowest BCUT2D eigenvalue weighted by Crippen LogP contribution is -2.68. The van der Waals surface area contributed by atoms with Gasteiger partial charge in [0.1, 0.15) is 18.8 Å². The Morgan fingerprint density at radius 3 is 1.69 bits per heavy atom. The van der Waals surface area contributed by atoms with Gasteiger partial charge >= 0.3 is 29.8 Å². The highest BCUT2D eigenvalue weighted by molar-refractivity contribution is 6.74. The Bertz CT molecular complexity index is 1830. The number of rotatable bonds is 18. The van der Waals surface area contributed by atoms with Crippen molar-refractivity contribution in [2.24, 2.45) is 21.7 Å². The normalized spacial score (nSPS) is 20.1. The van der Waals surface area contributed by atoms with Gasteiger partial charge in [0.05, 0.1) is 35.4 Å². The van der Waals surface area contributed by atoms with Gasteiger partial charge < -0.3 is 43.1 Å². The van der Waals surface area contributed by atoms with E-state index in [1.54, 1.807) is 95.2 Å². The molecule has 2 amide bonds. The van der Waals surface area contributed by atoms with Gasteiger partial charge in [-0.25, -0.2) is 0 Å². The molecule has 6 atom stereocenters. The minimum Gasteiger partial charge on any atom is -0.469 e. The second kappa shape index (κ2) is 22.4. The second-order valence-corrected chi connectivity index (χ2v) is 27.2. The zero-order valence-electron chi connectivity index (χ0n) is 42.3. The summed E-state index contributed by atoms with van der Waals surface area (Å²) in [6, 6.07) is 5.72. The van der Waals surface area contributed by atoms with E-state index in [-0.39, 0.29) is 37.3 Å². The fourth-order valence-electron chi connectivity index (χ4n) is 5.84. The number of ether oxygens (including phenoxy) is 6. The number of benzene rings is 1. The maximum Gasteiger partial charge on any atom is 0.311 e. The van der Waals surface area contributed by atoms with E-state index in [9.17, 15) is 33.6 Å². The molecule has 1 heterocycles. The standard InChI is InChI=1S/C48H78N2O14Si/c1-44(2,3)40(54)59-28-33-35(62-41(55)45(4,5)6)36(63-42(56)46(7,8)9)37(64-43(57)47(10,11)12)39(61-33)50(29-51)32(25-21-22-26-34(52)58-16)38(53)49-31-24-20-19-23-30(31)27-60-65(17,18)48(13,14)15/h19-20,23-24,29,32-33,35-37,39H,21-22,25-28H2,1-18H3,(H,49,53)/t32-,33-,35+,36+,37-,39-/m1/s1. The zero-order chi connectivity index (χ0) is 50.1. The molecular weight excluding hydrogens is 857 g/mol. The monoisotopic (exact) mass is 935 g/mol. The first-order valence-corrected chi connectivity index (χ1v) is 25.3. The molecule has 1 aromatic carbocycles. The predicted octanol–water partition coefficient (Wildman–Crippen LogP) is 7.90. The van der Waals surface area contributed by atoms with E-state index < -0.39 is 109 Å². The first kappa shape index (κ1) is 56.8.